The summed E-state index contributed by atoms with van der Waals surface area (Å²) in [6.07, 6.45) is 1.49. The average molecular weight is 390 g/mol. The summed E-state index contributed by atoms with van der Waals surface area (Å²) in [5.41, 5.74) is 7.87. The summed E-state index contributed by atoms with van der Waals surface area (Å²) in [6.45, 7) is 0.561. The second-order valence-electron chi connectivity index (χ2n) is 6.23. The van der Waals surface area contributed by atoms with E-state index in [0.29, 0.717) is 24.7 Å². The number of carbonyl (C=O) groups is 1. The molecule has 0 saturated heterocycles. The minimum atomic E-state index is -0.585. The maximum atomic E-state index is 10.7. The number of rotatable bonds is 10. The monoisotopic (exact) mass is 390 g/mol. The topological polar surface area (TPSA) is 83.1 Å². The van der Waals surface area contributed by atoms with Crippen LogP contribution >= 0.6 is 0 Å². The molecule has 0 spiro atoms. The third-order valence-corrected chi connectivity index (χ3v) is 3.93. The first-order valence-electron chi connectivity index (χ1n) is 9.12. The predicted octanol–water partition coefficient (Wildman–Crippen LogP) is 3.68. The van der Waals surface area contributed by atoms with Gasteiger partial charge in [0, 0.05) is 5.56 Å². The largest absolute Gasteiger partial charge is 0.485 e. The van der Waals surface area contributed by atoms with Crippen molar-refractivity contribution in [1.82, 2.24) is 0 Å². The number of primary amides is 1. The molecule has 0 saturated carbocycles. The average Bonchev–Trinajstić information content (AvgIpc) is 2.76. The normalized spacial score (nSPS) is 10.6. The van der Waals surface area contributed by atoms with Crippen LogP contribution in [0.5, 0.6) is 11.5 Å². The third-order valence-electron chi connectivity index (χ3n) is 3.93. The van der Waals surface area contributed by atoms with E-state index in [2.05, 4.69) is 5.16 Å². The Kier molecular flexibility index (Phi) is 7.23. The zero-order valence-electron chi connectivity index (χ0n) is 15.9. The molecule has 0 heterocycles. The van der Waals surface area contributed by atoms with Gasteiger partial charge in [-0.15, -0.1) is 0 Å². The van der Waals surface area contributed by atoms with Crippen molar-refractivity contribution < 1.29 is 19.1 Å². The van der Waals surface area contributed by atoms with E-state index in [-0.39, 0.29) is 6.61 Å². The molecule has 0 bridgehead atoms. The fourth-order valence-electron chi connectivity index (χ4n) is 2.51. The van der Waals surface area contributed by atoms with Gasteiger partial charge >= 0.3 is 0 Å². The highest BCUT2D eigenvalue weighted by atomic mass is 16.6. The minimum absolute atomic E-state index is 0.272. The Bertz CT molecular complexity index is 944. The zero-order valence-corrected chi connectivity index (χ0v) is 15.9. The Morgan fingerprint density at radius 1 is 0.828 bits per heavy atom. The first-order valence-corrected chi connectivity index (χ1v) is 9.12. The van der Waals surface area contributed by atoms with Gasteiger partial charge in [-0.05, 0) is 29.3 Å². The molecule has 6 heteroatoms. The summed E-state index contributed by atoms with van der Waals surface area (Å²) < 4.78 is 12.0. The van der Waals surface area contributed by atoms with Crippen molar-refractivity contribution in [3.63, 3.8) is 0 Å². The molecule has 0 unspecified atom stereocenters. The number of ether oxygens (including phenoxy) is 2. The van der Waals surface area contributed by atoms with Gasteiger partial charge in [-0.3, -0.25) is 4.79 Å². The fraction of sp³-hybridized carbons (Fsp3) is 0.130. The van der Waals surface area contributed by atoms with Crippen LogP contribution in [0.1, 0.15) is 16.7 Å². The van der Waals surface area contributed by atoms with Gasteiger partial charge in [0.25, 0.3) is 5.91 Å². The van der Waals surface area contributed by atoms with E-state index in [4.69, 9.17) is 20.0 Å². The molecule has 29 heavy (non-hydrogen) atoms. The number of oxime groups is 1. The molecule has 3 aromatic carbocycles. The van der Waals surface area contributed by atoms with E-state index >= 15 is 0 Å². The lowest BCUT2D eigenvalue weighted by Crippen LogP contribution is -2.16. The first-order chi connectivity index (χ1) is 14.2. The molecule has 0 atom stereocenters. The quantitative estimate of drug-likeness (QED) is 0.423. The van der Waals surface area contributed by atoms with E-state index in [9.17, 15) is 4.79 Å². The van der Waals surface area contributed by atoms with Crippen LogP contribution in [0.15, 0.2) is 84.0 Å². The van der Waals surface area contributed by atoms with Crippen LogP contribution in [0.4, 0.5) is 0 Å². The maximum Gasteiger partial charge on any atom is 0.258 e. The van der Waals surface area contributed by atoms with Crippen LogP contribution in [0.2, 0.25) is 0 Å². The Morgan fingerprint density at radius 3 is 2.00 bits per heavy atom. The number of nitrogens with zero attached hydrogens (tertiary/aromatic N) is 1. The highest BCUT2D eigenvalue weighted by Crippen LogP contribution is 2.29. The molecule has 0 aliphatic heterocycles. The van der Waals surface area contributed by atoms with Crippen molar-refractivity contribution in [2.45, 2.75) is 13.2 Å². The molecule has 2 N–H and O–H groups in total. The lowest BCUT2D eigenvalue weighted by atomic mass is 10.2. The molecular weight excluding hydrogens is 368 g/mol. The number of nitrogens with two attached hydrogens (primary N) is 1. The molecule has 148 valence electrons. The van der Waals surface area contributed by atoms with Crippen molar-refractivity contribution in [3.8, 4) is 11.5 Å². The summed E-state index contributed by atoms with van der Waals surface area (Å²) >= 11 is 0. The van der Waals surface area contributed by atoms with Crippen LogP contribution in [-0.2, 0) is 22.8 Å². The summed E-state index contributed by atoms with van der Waals surface area (Å²) in [4.78, 5) is 15.5. The number of hydrogen-bond donors (Lipinski definition) is 1. The van der Waals surface area contributed by atoms with Crippen LogP contribution in [0.3, 0.4) is 0 Å². The molecule has 0 aromatic heterocycles. The van der Waals surface area contributed by atoms with Gasteiger partial charge in [0.05, 0.1) is 6.21 Å². The summed E-state index contributed by atoms with van der Waals surface area (Å²) in [5, 5.41) is 3.74. The van der Waals surface area contributed by atoms with Gasteiger partial charge in [-0.2, -0.15) is 0 Å². The Hall–Kier alpha value is -3.80. The standard InChI is InChI=1S/C23H22N2O4/c24-23(26)17-29-25-14-20-11-12-21(27-15-18-7-3-1-4-8-18)22(13-20)28-16-19-9-5-2-6-10-19/h1-14H,15-17H2,(H2,24,26)/b25-14+. The molecule has 0 aliphatic rings. The highest BCUT2D eigenvalue weighted by Gasteiger charge is 2.08. The van der Waals surface area contributed by atoms with Crippen molar-refractivity contribution in [2.24, 2.45) is 10.9 Å². The number of benzene rings is 3. The van der Waals surface area contributed by atoms with Gasteiger partial charge < -0.3 is 20.0 Å². The fourth-order valence-corrected chi connectivity index (χ4v) is 2.51. The van der Waals surface area contributed by atoms with Crippen LogP contribution < -0.4 is 15.2 Å². The van der Waals surface area contributed by atoms with Gasteiger partial charge in [0.15, 0.2) is 18.1 Å². The van der Waals surface area contributed by atoms with E-state index in [0.717, 1.165) is 16.7 Å². The van der Waals surface area contributed by atoms with Gasteiger partial charge in [-0.25, -0.2) is 0 Å². The van der Waals surface area contributed by atoms with Crippen LogP contribution in [-0.4, -0.2) is 18.7 Å². The lowest BCUT2D eigenvalue weighted by Gasteiger charge is -2.14. The molecule has 3 rings (SSSR count). The van der Waals surface area contributed by atoms with E-state index in [1.165, 1.54) is 6.21 Å². The van der Waals surface area contributed by atoms with E-state index in [1.54, 1.807) is 6.07 Å². The van der Waals surface area contributed by atoms with Crippen molar-refractivity contribution in [1.29, 1.82) is 0 Å². The molecule has 0 radical (unpaired) electrons. The Balaban J connectivity index is 1.73. The molecule has 6 nitrogen and oxygen atoms in total. The third kappa shape index (κ3) is 6.70. The predicted molar refractivity (Wildman–Crippen MR) is 111 cm³/mol. The zero-order chi connectivity index (χ0) is 20.3. The van der Waals surface area contributed by atoms with E-state index < -0.39 is 5.91 Å². The summed E-state index contributed by atoms with van der Waals surface area (Å²) in [5.74, 6) is 0.627. The Labute approximate surface area is 169 Å². The SMILES string of the molecule is NC(=O)CO/N=C/c1ccc(OCc2ccccc2)c(OCc2ccccc2)c1. The van der Waals surface area contributed by atoms with Crippen molar-refractivity contribution in [2.75, 3.05) is 6.61 Å². The van der Waals surface area contributed by atoms with Crippen LogP contribution in [0, 0.1) is 0 Å². The minimum Gasteiger partial charge on any atom is -0.485 e. The summed E-state index contributed by atoms with van der Waals surface area (Å²) in [7, 11) is 0. The van der Waals surface area contributed by atoms with Gasteiger partial charge in [0.2, 0.25) is 0 Å². The molecule has 3 aromatic rings. The summed E-state index contributed by atoms with van der Waals surface area (Å²) in [6, 6.07) is 25.2. The number of amides is 1. The highest BCUT2D eigenvalue weighted by molar-refractivity contribution is 5.80. The lowest BCUT2D eigenvalue weighted by molar-refractivity contribution is -0.122. The van der Waals surface area contributed by atoms with Crippen LogP contribution in [0.25, 0.3) is 0 Å². The molecule has 0 aliphatic carbocycles. The molecule has 1 amide bonds. The smallest absolute Gasteiger partial charge is 0.258 e. The second-order valence-corrected chi connectivity index (χ2v) is 6.23. The number of carbonyl (C=O) groups excluding carboxylic acids is 1. The molecule has 0 fully saturated rings. The van der Waals surface area contributed by atoms with Gasteiger partial charge in [-0.1, -0.05) is 65.8 Å². The van der Waals surface area contributed by atoms with Crippen molar-refractivity contribution in [3.05, 3.63) is 95.6 Å². The maximum absolute atomic E-state index is 10.7. The molecular formula is C23H22N2O4. The second kappa shape index (κ2) is 10.5. The Morgan fingerprint density at radius 2 is 1.41 bits per heavy atom. The van der Waals surface area contributed by atoms with Gasteiger partial charge in [0.1, 0.15) is 13.2 Å². The first kappa shape index (κ1) is 19.9. The number of hydrogen-bond acceptors (Lipinski definition) is 5. The van der Waals surface area contributed by atoms with E-state index in [1.807, 2.05) is 72.8 Å². The van der Waals surface area contributed by atoms with Crippen molar-refractivity contribution >= 4 is 12.1 Å².